The first-order valence-corrected chi connectivity index (χ1v) is 10.1. The van der Waals surface area contributed by atoms with Gasteiger partial charge < -0.3 is 9.32 Å². The molecule has 1 aliphatic heterocycles. The number of nitrogens with zero attached hydrogens (tertiary/aromatic N) is 4. The number of benzene rings is 1. The quantitative estimate of drug-likeness (QED) is 0.514. The lowest BCUT2D eigenvalue weighted by Crippen LogP contribution is -2.40. The van der Waals surface area contributed by atoms with E-state index in [0.29, 0.717) is 12.3 Å². The highest BCUT2D eigenvalue weighted by atomic mass is 19.1. The summed E-state index contributed by atoms with van der Waals surface area (Å²) >= 11 is 0. The predicted octanol–water partition coefficient (Wildman–Crippen LogP) is 4.08. The lowest BCUT2D eigenvalue weighted by atomic mass is 9.97. The van der Waals surface area contributed by atoms with Crippen molar-refractivity contribution in [1.29, 1.82) is 0 Å². The number of rotatable bonds is 4. The normalized spacial score (nSPS) is 16.8. The third-order valence-electron chi connectivity index (χ3n) is 5.55. The fourth-order valence-corrected chi connectivity index (χ4v) is 4.00. The standard InChI is InChI=1S/C23H21FN4O2/c24-19-6-1-4-16(12-19)17-8-9-21-25-23(26-28(21)15-17)18-5-2-10-27(14-18)22(29)13-20-7-3-11-30-20/h1,3-4,6-9,11-12,15,18H,2,5,10,13-14H2/t18-/m0/s1. The first kappa shape index (κ1) is 18.5. The maximum absolute atomic E-state index is 13.6. The van der Waals surface area contributed by atoms with Crippen molar-refractivity contribution in [2.24, 2.45) is 0 Å². The van der Waals surface area contributed by atoms with Crippen LogP contribution in [0.15, 0.2) is 65.4 Å². The second-order valence-electron chi connectivity index (χ2n) is 7.64. The molecule has 0 saturated carbocycles. The van der Waals surface area contributed by atoms with Crippen LogP contribution in [0.1, 0.15) is 30.3 Å². The van der Waals surface area contributed by atoms with Gasteiger partial charge in [0, 0.05) is 30.8 Å². The van der Waals surface area contributed by atoms with Gasteiger partial charge in [-0.2, -0.15) is 5.10 Å². The molecule has 1 saturated heterocycles. The molecule has 0 radical (unpaired) electrons. The maximum atomic E-state index is 13.6. The van der Waals surface area contributed by atoms with E-state index >= 15 is 0 Å². The average Bonchev–Trinajstić information content (AvgIpc) is 3.43. The van der Waals surface area contributed by atoms with Crippen LogP contribution in [0.3, 0.4) is 0 Å². The molecule has 0 aliphatic carbocycles. The molecule has 1 fully saturated rings. The molecule has 7 heteroatoms. The Hall–Kier alpha value is -3.48. The number of furan rings is 1. The Morgan fingerprint density at radius 2 is 2.10 bits per heavy atom. The summed E-state index contributed by atoms with van der Waals surface area (Å²) in [5, 5.41) is 4.67. The number of carbonyl (C=O) groups excluding carboxylic acids is 1. The monoisotopic (exact) mass is 404 g/mol. The van der Waals surface area contributed by atoms with Gasteiger partial charge in [-0.3, -0.25) is 4.79 Å². The van der Waals surface area contributed by atoms with E-state index in [0.717, 1.165) is 42.0 Å². The number of likely N-dealkylation sites (tertiary alicyclic amines) is 1. The van der Waals surface area contributed by atoms with Crippen LogP contribution in [0.2, 0.25) is 0 Å². The van der Waals surface area contributed by atoms with Crippen molar-refractivity contribution >= 4 is 11.6 Å². The lowest BCUT2D eigenvalue weighted by Gasteiger charge is -2.31. The zero-order valence-corrected chi connectivity index (χ0v) is 16.4. The van der Waals surface area contributed by atoms with E-state index < -0.39 is 0 Å². The van der Waals surface area contributed by atoms with Crippen molar-refractivity contribution < 1.29 is 13.6 Å². The van der Waals surface area contributed by atoms with Crippen LogP contribution in [0.25, 0.3) is 16.8 Å². The van der Waals surface area contributed by atoms with E-state index in [9.17, 15) is 9.18 Å². The molecule has 1 amide bonds. The number of hydrogen-bond donors (Lipinski definition) is 0. The number of piperidine rings is 1. The van der Waals surface area contributed by atoms with Crippen LogP contribution in [-0.4, -0.2) is 38.5 Å². The van der Waals surface area contributed by atoms with Gasteiger partial charge in [0.25, 0.3) is 0 Å². The smallest absolute Gasteiger partial charge is 0.230 e. The van der Waals surface area contributed by atoms with Crippen molar-refractivity contribution in [3.8, 4) is 11.1 Å². The zero-order chi connectivity index (χ0) is 20.5. The first-order chi connectivity index (χ1) is 14.7. The fraction of sp³-hybridized carbons (Fsp3) is 0.261. The minimum absolute atomic E-state index is 0.0619. The van der Waals surface area contributed by atoms with Crippen LogP contribution >= 0.6 is 0 Å². The van der Waals surface area contributed by atoms with Crippen LogP contribution < -0.4 is 0 Å². The van der Waals surface area contributed by atoms with Crippen LogP contribution in [-0.2, 0) is 11.2 Å². The summed E-state index contributed by atoms with van der Waals surface area (Å²) in [4.78, 5) is 19.2. The first-order valence-electron chi connectivity index (χ1n) is 10.1. The van der Waals surface area contributed by atoms with E-state index in [1.165, 1.54) is 12.1 Å². The van der Waals surface area contributed by atoms with E-state index in [1.54, 1.807) is 22.9 Å². The van der Waals surface area contributed by atoms with Crippen LogP contribution in [0.5, 0.6) is 0 Å². The van der Waals surface area contributed by atoms with Crippen LogP contribution in [0, 0.1) is 5.82 Å². The van der Waals surface area contributed by atoms with Gasteiger partial charge in [0.2, 0.25) is 5.91 Å². The SMILES string of the molecule is O=C(Cc1ccco1)N1CCC[C@H](c2nc3ccc(-c4cccc(F)c4)cn3n2)C1. The summed E-state index contributed by atoms with van der Waals surface area (Å²) in [7, 11) is 0. The molecule has 152 valence electrons. The highest BCUT2D eigenvalue weighted by Gasteiger charge is 2.27. The molecular formula is C23H21FN4O2. The third-order valence-corrected chi connectivity index (χ3v) is 5.55. The van der Waals surface area contributed by atoms with Gasteiger partial charge in [0.1, 0.15) is 11.6 Å². The second-order valence-corrected chi connectivity index (χ2v) is 7.64. The molecule has 4 aromatic rings. The van der Waals surface area contributed by atoms with E-state index in [4.69, 9.17) is 4.42 Å². The van der Waals surface area contributed by atoms with Crippen molar-refractivity contribution in [2.75, 3.05) is 13.1 Å². The molecule has 3 aromatic heterocycles. The molecule has 5 rings (SSSR count). The molecule has 1 atom stereocenters. The molecule has 6 nitrogen and oxygen atoms in total. The Morgan fingerprint density at radius 3 is 2.93 bits per heavy atom. The molecule has 4 heterocycles. The summed E-state index contributed by atoms with van der Waals surface area (Å²) in [6.07, 6.45) is 5.58. The minimum atomic E-state index is -0.270. The van der Waals surface area contributed by atoms with E-state index in [2.05, 4.69) is 10.1 Å². The van der Waals surface area contributed by atoms with E-state index in [-0.39, 0.29) is 24.1 Å². The molecule has 0 bridgehead atoms. The van der Waals surface area contributed by atoms with Crippen molar-refractivity contribution in [3.63, 3.8) is 0 Å². The van der Waals surface area contributed by atoms with Gasteiger partial charge >= 0.3 is 0 Å². The Labute approximate surface area is 173 Å². The van der Waals surface area contributed by atoms with E-state index in [1.807, 2.05) is 35.4 Å². The topological polar surface area (TPSA) is 63.6 Å². The Bertz CT molecular complexity index is 1190. The minimum Gasteiger partial charge on any atom is -0.469 e. The number of amides is 1. The third kappa shape index (κ3) is 3.70. The molecule has 1 aliphatic rings. The van der Waals surface area contributed by atoms with Crippen molar-refractivity contribution in [1.82, 2.24) is 19.5 Å². The molecule has 1 aromatic carbocycles. The Kier molecular flexibility index (Phi) is 4.78. The average molecular weight is 404 g/mol. The zero-order valence-electron chi connectivity index (χ0n) is 16.4. The van der Waals surface area contributed by atoms with Gasteiger partial charge in [0.05, 0.1) is 12.7 Å². The van der Waals surface area contributed by atoms with Gasteiger partial charge in [0.15, 0.2) is 11.5 Å². The molecule has 0 unspecified atom stereocenters. The Morgan fingerprint density at radius 1 is 1.17 bits per heavy atom. The van der Waals surface area contributed by atoms with Crippen molar-refractivity contribution in [3.05, 3.63) is 78.4 Å². The number of aromatic nitrogens is 3. The largest absolute Gasteiger partial charge is 0.469 e. The van der Waals surface area contributed by atoms with Gasteiger partial charge in [-0.25, -0.2) is 13.9 Å². The fourth-order valence-electron chi connectivity index (χ4n) is 4.00. The predicted molar refractivity (Wildman–Crippen MR) is 109 cm³/mol. The number of hydrogen-bond acceptors (Lipinski definition) is 4. The summed E-state index contributed by atoms with van der Waals surface area (Å²) < 4.78 is 20.6. The van der Waals surface area contributed by atoms with Gasteiger partial charge in [-0.1, -0.05) is 12.1 Å². The van der Waals surface area contributed by atoms with Crippen LogP contribution in [0.4, 0.5) is 4.39 Å². The number of pyridine rings is 1. The molecule has 0 N–H and O–H groups in total. The molecule has 0 spiro atoms. The highest BCUT2D eigenvalue weighted by Crippen LogP contribution is 2.27. The second kappa shape index (κ2) is 7.74. The lowest BCUT2D eigenvalue weighted by molar-refractivity contribution is -0.132. The van der Waals surface area contributed by atoms with Crippen molar-refractivity contribution in [2.45, 2.75) is 25.2 Å². The molecule has 30 heavy (non-hydrogen) atoms. The molecular weight excluding hydrogens is 383 g/mol. The maximum Gasteiger partial charge on any atom is 0.230 e. The highest BCUT2D eigenvalue weighted by molar-refractivity contribution is 5.78. The number of carbonyl (C=O) groups is 1. The summed E-state index contributed by atoms with van der Waals surface area (Å²) in [6.45, 7) is 1.35. The number of halogens is 1. The van der Waals surface area contributed by atoms with Gasteiger partial charge in [-0.05, 0) is 54.8 Å². The van der Waals surface area contributed by atoms with Gasteiger partial charge in [-0.15, -0.1) is 0 Å². The summed E-state index contributed by atoms with van der Waals surface area (Å²) in [6, 6.07) is 13.9. The summed E-state index contributed by atoms with van der Waals surface area (Å²) in [5.74, 6) is 1.30. The summed E-state index contributed by atoms with van der Waals surface area (Å²) in [5.41, 5.74) is 2.41. The Balaban J connectivity index is 1.35. The number of fused-ring (bicyclic) bond motifs is 1.